The Kier molecular flexibility index (Phi) is 8.17. The van der Waals surface area contributed by atoms with E-state index in [1.54, 1.807) is 31.4 Å². The van der Waals surface area contributed by atoms with Gasteiger partial charge in [0.1, 0.15) is 11.6 Å². The molecule has 1 aromatic heterocycles. The summed E-state index contributed by atoms with van der Waals surface area (Å²) in [6.07, 6.45) is 1.25. The van der Waals surface area contributed by atoms with E-state index < -0.39 is 5.82 Å². The quantitative estimate of drug-likeness (QED) is 0.165. The molecule has 0 aliphatic carbocycles. The fraction of sp³-hybridized carbons (Fsp3) is 0.0833. The van der Waals surface area contributed by atoms with Crippen LogP contribution in [0, 0.1) is 5.82 Å². The summed E-state index contributed by atoms with van der Waals surface area (Å²) in [6.45, 7) is 0. The monoisotopic (exact) mass is 573 g/mol. The molecule has 3 aromatic carbocycles. The first-order valence-corrected chi connectivity index (χ1v) is 12.4. The van der Waals surface area contributed by atoms with Gasteiger partial charge in [-0.05, 0) is 66.7 Å². The van der Waals surface area contributed by atoms with Crippen LogP contribution in [0.2, 0.25) is 5.02 Å². The fourth-order valence-electron chi connectivity index (χ4n) is 3.06. The highest BCUT2D eigenvalue weighted by Gasteiger charge is 2.17. The van der Waals surface area contributed by atoms with Crippen molar-refractivity contribution in [2.24, 2.45) is 5.10 Å². The number of hydrazone groups is 1. The van der Waals surface area contributed by atoms with Crippen molar-refractivity contribution in [3.8, 4) is 22.8 Å². The zero-order valence-electron chi connectivity index (χ0n) is 18.3. The second-order valence-corrected chi connectivity index (χ2v) is 9.39. The second kappa shape index (κ2) is 11.5. The van der Waals surface area contributed by atoms with E-state index in [1.165, 1.54) is 24.0 Å². The van der Waals surface area contributed by atoms with Crippen LogP contribution in [0.3, 0.4) is 0 Å². The highest BCUT2D eigenvalue weighted by Crippen LogP contribution is 2.29. The van der Waals surface area contributed by atoms with Gasteiger partial charge in [-0.1, -0.05) is 39.3 Å². The first-order valence-electron chi connectivity index (χ1n) is 10.2. The van der Waals surface area contributed by atoms with E-state index in [1.807, 2.05) is 41.0 Å². The van der Waals surface area contributed by atoms with Gasteiger partial charge in [-0.2, -0.15) is 5.10 Å². The minimum absolute atomic E-state index is 0.0205. The molecule has 35 heavy (non-hydrogen) atoms. The van der Waals surface area contributed by atoms with E-state index >= 15 is 0 Å². The molecule has 11 heteroatoms. The van der Waals surface area contributed by atoms with Gasteiger partial charge in [0.05, 0.1) is 19.1 Å². The smallest absolute Gasteiger partial charge is 0.250 e. The Labute approximate surface area is 218 Å². The summed E-state index contributed by atoms with van der Waals surface area (Å²) in [6, 6.07) is 19.1. The first-order chi connectivity index (χ1) is 16.9. The van der Waals surface area contributed by atoms with E-state index in [0.717, 1.165) is 17.0 Å². The second-order valence-electron chi connectivity index (χ2n) is 7.09. The summed E-state index contributed by atoms with van der Waals surface area (Å²) < 4.78 is 21.6. The van der Waals surface area contributed by atoms with Gasteiger partial charge in [0.2, 0.25) is 0 Å². The Bertz CT molecular complexity index is 1360. The van der Waals surface area contributed by atoms with Crippen LogP contribution < -0.4 is 10.2 Å². The van der Waals surface area contributed by atoms with Crippen LogP contribution in [0.25, 0.3) is 17.1 Å². The number of nitrogens with one attached hydrogen (secondary N) is 1. The number of carbonyl (C=O) groups is 1. The number of aromatic nitrogens is 3. The van der Waals surface area contributed by atoms with Crippen LogP contribution in [0.4, 0.5) is 4.39 Å². The standard InChI is InChI=1S/C24H18BrClFN5O2S/c1-34-20-9-2-15(3-10-20)23-30-31-24(32(23)19-7-5-18(26)6-8-19)35-14-22(33)29-28-13-16-12-17(25)4-11-21(16)27/h2-13H,14H2,1H3,(H,29,33)/b28-13+. The molecular weight excluding hydrogens is 557 g/mol. The first kappa shape index (κ1) is 24.9. The molecular formula is C24H18BrClFN5O2S. The number of carbonyl (C=O) groups excluding carboxylic acids is 1. The molecule has 0 spiro atoms. The van der Waals surface area contributed by atoms with Crippen molar-refractivity contribution in [2.75, 3.05) is 12.9 Å². The Hall–Kier alpha value is -3.21. The van der Waals surface area contributed by atoms with Gasteiger partial charge >= 0.3 is 0 Å². The molecule has 1 N–H and O–H groups in total. The molecule has 1 amide bonds. The summed E-state index contributed by atoms with van der Waals surface area (Å²) in [7, 11) is 1.60. The number of benzene rings is 3. The number of hydrogen-bond acceptors (Lipinski definition) is 6. The van der Waals surface area contributed by atoms with E-state index in [4.69, 9.17) is 16.3 Å². The van der Waals surface area contributed by atoms with Crippen molar-refractivity contribution in [3.05, 3.63) is 87.6 Å². The van der Waals surface area contributed by atoms with Crippen LogP contribution in [0.5, 0.6) is 5.75 Å². The molecule has 0 saturated heterocycles. The van der Waals surface area contributed by atoms with E-state index in [0.29, 0.717) is 20.5 Å². The number of ether oxygens (including phenoxy) is 1. The molecule has 4 rings (SSSR count). The van der Waals surface area contributed by atoms with E-state index in [9.17, 15) is 9.18 Å². The molecule has 0 aliphatic rings. The summed E-state index contributed by atoms with van der Waals surface area (Å²) in [5.74, 6) is 0.523. The zero-order chi connectivity index (χ0) is 24.8. The average molecular weight is 575 g/mol. The van der Waals surface area contributed by atoms with Crippen LogP contribution in [0.15, 0.2) is 81.5 Å². The van der Waals surface area contributed by atoms with Crippen molar-refractivity contribution >= 4 is 51.4 Å². The molecule has 0 fully saturated rings. The number of hydrogen-bond donors (Lipinski definition) is 1. The van der Waals surface area contributed by atoms with Crippen LogP contribution >= 0.6 is 39.3 Å². The molecule has 0 aliphatic heterocycles. The third-order valence-electron chi connectivity index (χ3n) is 4.75. The summed E-state index contributed by atoms with van der Waals surface area (Å²) in [5, 5.41) is 13.6. The Balaban J connectivity index is 1.52. The highest BCUT2D eigenvalue weighted by molar-refractivity contribution is 9.10. The minimum Gasteiger partial charge on any atom is -0.497 e. The molecule has 1 heterocycles. The van der Waals surface area contributed by atoms with Gasteiger partial charge in [-0.25, -0.2) is 9.82 Å². The maximum atomic E-state index is 13.8. The molecule has 0 radical (unpaired) electrons. The molecule has 4 aromatic rings. The highest BCUT2D eigenvalue weighted by atomic mass is 79.9. The van der Waals surface area contributed by atoms with Crippen LogP contribution in [-0.4, -0.2) is 39.7 Å². The number of nitrogens with zero attached hydrogens (tertiary/aromatic N) is 4. The third-order valence-corrected chi connectivity index (χ3v) is 6.42. The molecule has 178 valence electrons. The maximum absolute atomic E-state index is 13.8. The van der Waals surface area contributed by atoms with Gasteiger partial charge in [0.15, 0.2) is 11.0 Å². The molecule has 0 saturated carbocycles. The van der Waals surface area contributed by atoms with E-state index in [2.05, 4.69) is 36.7 Å². The number of halogens is 3. The number of methoxy groups -OCH3 is 1. The SMILES string of the molecule is COc1ccc(-c2nnc(SCC(=O)N/N=C/c3cc(Br)ccc3F)n2-c2ccc(Cl)cc2)cc1. The predicted octanol–water partition coefficient (Wildman–Crippen LogP) is 5.74. The number of amides is 1. The van der Waals surface area contributed by atoms with Crippen molar-refractivity contribution < 1.29 is 13.9 Å². The van der Waals surface area contributed by atoms with Crippen molar-refractivity contribution in [2.45, 2.75) is 5.16 Å². The Morgan fingerprint density at radius 3 is 2.63 bits per heavy atom. The lowest BCUT2D eigenvalue weighted by molar-refractivity contribution is -0.118. The van der Waals surface area contributed by atoms with E-state index in [-0.39, 0.29) is 17.2 Å². The fourth-order valence-corrected chi connectivity index (χ4v) is 4.31. The third kappa shape index (κ3) is 6.27. The largest absolute Gasteiger partial charge is 0.497 e. The molecule has 7 nitrogen and oxygen atoms in total. The van der Waals surface area contributed by atoms with Crippen molar-refractivity contribution in [1.82, 2.24) is 20.2 Å². The van der Waals surface area contributed by atoms with Gasteiger partial charge in [-0.15, -0.1) is 10.2 Å². The summed E-state index contributed by atoms with van der Waals surface area (Å²) in [4.78, 5) is 12.4. The lowest BCUT2D eigenvalue weighted by Gasteiger charge is -2.11. The van der Waals surface area contributed by atoms with Crippen molar-refractivity contribution in [3.63, 3.8) is 0 Å². The summed E-state index contributed by atoms with van der Waals surface area (Å²) >= 11 is 10.5. The normalized spacial score (nSPS) is 11.1. The van der Waals surface area contributed by atoms with Gasteiger partial charge < -0.3 is 4.74 Å². The lowest BCUT2D eigenvalue weighted by Crippen LogP contribution is -2.20. The van der Waals surface area contributed by atoms with Gasteiger partial charge in [0, 0.05) is 26.3 Å². The average Bonchev–Trinajstić information content (AvgIpc) is 3.29. The molecule has 0 bridgehead atoms. The minimum atomic E-state index is -0.442. The molecule has 0 atom stereocenters. The maximum Gasteiger partial charge on any atom is 0.250 e. The number of thioether (sulfide) groups is 1. The molecule has 0 unspecified atom stereocenters. The topological polar surface area (TPSA) is 81.4 Å². The number of rotatable bonds is 8. The van der Waals surface area contributed by atoms with Gasteiger partial charge in [0.25, 0.3) is 5.91 Å². The van der Waals surface area contributed by atoms with Gasteiger partial charge in [-0.3, -0.25) is 9.36 Å². The predicted molar refractivity (Wildman–Crippen MR) is 139 cm³/mol. The van der Waals surface area contributed by atoms with Crippen LogP contribution in [-0.2, 0) is 4.79 Å². The lowest BCUT2D eigenvalue weighted by atomic mass is 10.2. The Morgan fingerprint density at radius 1 is 1.17 bits per heavy atom. The summed E-state index contributed by atoms with van der Waals surface area (Å²) in [5.41, 5.74) is 4.27. The Morgan fingerprint density at radius 2 is 1.91 bits per heavy atom. The van der Waals surface area contributed by atoms with Crippen LogP contribution in [0.1, 0.15) is 5.56 Å². The van der Waals surface area contributed by atoms with Crippen molar-refractivity contribution in [1.29, 1.82) is 0 Å². The zero-order valence-corrected chi connectivity index (χ0v) is 21.4.